The highest BCUT2D eigenvalue weighted by Gasteiger charge is 2.19. The molecule has 0 aliphatic heterocycles. The molecule has 2 N–H and O–H groups in total. The number of carbonyl (C=O) groups excluding carboxylic acids is 1. The molecule has 1 heterocycles. The molecular weight excluding hydrogens is 307 g/mol. The first-order valence-corrected chi connectivity index (χ1v) is 7.50. The number of halogens is 2. The second kappa shape index (κ2) is 8.07. The molecule has 19 heavy (non-hydrogen) atoms. The number of ether oxygens (including phenoxy) is 1. The standard InChI is InChI=1S/C12H18Cl2N2O2S/c1-7(9-6-10(13)19-11(9)14)16-8(2)12(17)15-4-5-18-3/h6-8,16H,4-5H2,1-3H3,(H,15,17). The van der Waals surface area contributed by atoms with E-state index in [0.29, 0.717) is 21.8 Å². The minimum absolute atomic E-state index is 0.0422. The molecule has 1 amide bonds. The fourth-order valence-corrected chi connectivity index (χ4v) is 3.26. The van der Waals surface area contributed by atoms with Crippen molar-refractivity contribution in [3.8, 4) is 0 Å². The minimum atomic E-state index is -0.318. The van der Waals surface area contributed by atoms with Crippen LogP contribution in [0.25, 0.3) is 0 Å². The van der Waals surface area contributed by atoms with Gasteiger partial charge in [-0.15, -0.1) is 11.3 Å². The van der Waals surface area contributed by atoms with Gasteiger partial charge in [0.2, 0.25) is 5.91 Å². The van der Waals surface area contributed by atoms with Crippen LogP contribution < -0.4 is 10.6 Å². The van der Waals surface area contributed by atoms with Gasteiger partial charge >= 0.3 is 0 Å². The summed E-state index contributed by atoms with van der Waals surface area (Å²) >= 11 is 13.3. The molecule has 2 atom stereocenters. The topological polar surface area (TPSA) is 50.4 Å². The zero-order valence-electron chi connectivity index (χ0n) is 11.1. The van der Waals surface area contributed by atoms with Crippen molar-refractivity contribution in [2.24, 2.45) is 0 Å². The lowest BCUT2D eigenvalue weighted by Gasteiger charge is -2.19. The van der Waals surface area contributed by atoms with E-state index >= 15 is 0 Å². The van der Waals surface area contributed by atoms with Crippen LogP contribution in [0, 0.1) is 0 Å². The first-order valence-electron chi connectivity index (χ1n) is 5.93. The van der Waals surface area contributed by atoms with Crippen molar-refractivity contribution in [3.63, 3.8) is 0 Å². The molecule has 0 saturated heterocycles. The van der Waals surface area contributed by atoms with Crippen molar-refractivity contribution in [1.29, 1.82) is 0 Å². The Bertz CT molecular complexity index is 426. The van der Waals surface area contributed by atoms with Crippen molar-refractivity contribution < 1.29 is 9.53 Å². The molecule has 2 unspecified atom stereocenters. The molecule has 1 rings (SSSR count). The van der Waals surface area contributed by atoms with Crippen molar-refractivity contribution >= 4 is 40.4 Å². The van der Waals surface area contributed by atoms with Crippen molar-refractivity contribution in [1.82, 2.24) is 10.6 Å². The number of amides is 1. The van der Waals surface area contributed by atoms with Crippen LogP contribution in [-0.2, 0) is 9.53 Å². The summed E-state index contributed by atoms with van der Waals surface area (Å²) in [7, 11) is 1.60. The first kappa shape index (κ1) is 16.7. The van der Waals surface area contributed by atoms with E-state index < -0.39 is 0 Å². The van der Waals surface area contributed by atoms with E-state index in [-0.39, 0.29) is 18.0 Å². The number of hydrogen-bond acceptors (Lipinski definition) is 4. The Kier molecular flexibility index (Phi) is 7.10. The first-order chi connectivity index (χ1) is 8.95. The summed E-state index contributed by atoms with van der Waals surface area (Å²) in [6, 6.07) is 1.46. The third-order valence-corrected chi connectivity index (χ3v) is 4.17. The normalized spacial score (nSPS) is 14.2. The molecule has 0 radical (unpaired) electrons. The van der Waals surface area contributed by atoms with E-state index in [1.165, 1.54) is 11.3 Å². The minimum Gasteiger partial charge on any atom is -0.383 e. The lowest BCUT2D eigenvalue weighted by molar-refractivity contribution is -0.123. The molecule has 0 spiro atoms. The summed E-state index contributed by atoms with van der Waals surface area (Å²) in [5, 5.41) is 5.96. The molecule has 0 aliphatic rings. The van der Waals surface area contributed by atoms with Crippen molar-refractivity contribution in [2.45, 2.75) is 25.9 Å². The molecule has 0 aliphatic carbocycles. The molecule has 0 bridgehead atoms. The van der Waals surface area contributed by atoms with Crippen molar-refractivity contribution in [3.05, 3.63) is 20.3 Å². The lowest BCUT2D eigenvalue weighted by Crippen LogP contribution is -2.44. The summed E-state index contributed by atoms with van der Waals surface area (Å²) in [4.78, 5) is 11.8. The highest BCUT2D eigenvalue weighted by atomic mass is 35.5. The summed E-state index contributed by atoms with van der Waals surface area (Å²) < 4.78 is 6.17. The van der Waals surface area contributed by atoms with Crippen molar-refractivity contribution in [2.75, 3.05) is 20.3 Å². The van der Waals surface area contributed by atoms with Crippen LogP contribution in [0.3, 0.4) is 0 Å². The van der Waals surface area contributed by atoms with Gasteiger partial charge in [0.1, 0.15) is 0 Å². The van der Waals surface area contributed by atoms with Gasteiger partial charge < -0.3 is 10.1 Å². The Labute approximate surface area is 127 Å². The van der Waals surface area contributed by atoms with E-state index in [4.69, 9.17) is 27.9 Å². The predicted molar refractivity (Wildman–Crippen MR) is 80.2 cm³/mol. The van der Waals surface area contributed by atoms with Crippen LogP contribution in [0.5, 0.6) is 0 Å². The van der Waals surface area contributed by atoms with Crippen LogP contribution in [0.15, 0.2) is 6.07 Å². The maximum atomic E-state index is 11.8. The quantitative estimate of drug-likeness (QED) is 0.758. The van der Waals surface area contributed by atoms with Crippen LogP contribution >= 0.6 is 34.5 Å². The molecule has 7 heteroatoms. The molecule has 1 aromatic heterocycles. The summed E-state index contributed by atoms with van der Waals surface area (Å²) in [6.45, 7) is 4.75. The third-order valence-electron chi connectivity index (χ3n) is 2.65. The van der Waals surface area contributed by atoms with E-state index in [0.717, 1.165) is 5.56 Å². The van der Waals surface area contributed by atoms with Gasteiger partial charge in [-0.3, -0.25) is 10.1 Å². The largest absolute Gasteiger partial charge is 0.383 e. The zero-order chi connectivity index (χ0) is 14.4. The SMILES string of the molecule is COCCNC(=O)C(C)NC(C)c1cc(Cl)sc1Cl. The van der Waals surface area contributed by atoms with Gasteiger partial charge in [-0.05, 0) is 25.5 Å². The number of thiophene rings is 1. The Morgan fingerprint density at radius 3 is 2.68 bits per heavy atom. The highest BCUT2D eigenvalue weighted by Crippen LogP contribution is 2.34. The maximum Gasteiger partial charge on any atom is 0.236 e. The number of hydrogen-bond donors (Lipinski definition) is 2. The van der Waals surface area contributed by atoms with E-state index in [1.807, 2.05) is 13.0 Å². The number of carbonyl (C=O) groups is 1. The Balaban J connectivity index is 2.49. The Morgan fingerprint density at radius 2 is 2.16 bits per heavy atom. The van der Waals surface area contributed by atoms with Crippen LogP contribution in [0.2, 0.25) is 8.67 Å². The summed E-state index contributed by atoms with van der Waals surface area (Å²) in [5.41, 5.74) is 0.910. The smallest absolute Gasteiger partial charge is 0.236 e. The molecule has 1 aromatic rings. The summed E-state index contributed by atoms with van der Waals surface area (Å²) in [6.07, 6.45) is 0. The number of rotatable bonds is 7. The lowest BCUT2D eigenvalue weighted by atomic mass is 10.1. The molecule has 4 nitrogen and oxygen atoms in total. The van der Waals surface area contributed by atoms with Gasteiger partial charge in [-0.25, -0.2) is 0 Å². The second-order valence-electron chi connectivity index (χ2n) is 4.17. The van der Waals surface area contributed by atoms with E-state index in [1.54, 1.807) is 14.0 Å². The predicted octanol–water partition coefficient (Wildman–Crippen LogP) is 2.86. The Morgan fingerprint density at radius 1 is 1.47 bits per heavy atom. The average Bonchev–Trinajstić information content (AvgIpc) is 2.68. The Hall–Kier alpha value is -0.330. The second-order valence-corrected chi connectivity index (χ2v) is 6.46. The molecule has 0 fully saturated rings. The van der Waals surface area contributed by atoms with Gasteiger partial charge in [0.05, 0.1) is 21.3 Å². The van der Waals surface area contributed by atoms with Crippen LogP contribution in [-0.4, -0.2) is 32.2 Å². The van der Waals surface area contributed by atoms with E-state index in [2.05, 4.69) is 10.6 Å². The fourth-order valence-electron chi connectivity index (χ4n) is 1.62. The van der Waals surface area contributed by atoms with Gasteiger partial charge in [0.25, 0.3) is 0 Å². The molecule has 0 aromatic carbocycles. The van der Waals surface area contributed by atoms with Crippen LogP contribution in [0.1, 0.15) is 25.5 Å². The molecular formula is C12H18Cl2N2O2S. The third kappa shape index (κ3) is 5.28. The van der Waals surface area contributed by atoms with Gasteiger partial charge in [-0.2, -0.15) is 0 Å². The average molecular weight is 325 g/mol. The number of methoxy groups -OCH3 is 1. The monoisotopic (exact) mass is 324 g/mol. The van der Waals surface area contributed by atoms with Crippen LogP contribution in [0.4, 0.5) is 0 Å². The maximum absolute atomic E-state index is 11.8. The summed E-state index contributed by atoms with van der Waals surface area (Å²) in [5.74, 6) is -0.0682. The van der Waals surface area contributed by atoms with E-state index in [9.17, 15) is 4.79 Å². The fraction of sp³-hybridized carbons (Fsp3) is 0.583. The highest BCUT2D eigenvalue weighted by molar-refractivity contribution is 7.20. The molecule has 108 valence electrons. The molecule has 0 saturated carbocycles. The number of nitrogens with one attached hydrogen (secondary N) is 2. The van der Waals surface area contributed by atoms with Gasteiger partial charge in [-0.1, -0.05) is 23.2 Å². The van der Waals surface area contributed by atoms with Gasteiger partial charge in [0.15, 0.2) is 0 Å². The van der Waals surface area contributed by atoms with Gasteiger partial charge in [0, 0.05) is 19.7 Å². The zero-order valence-corrected chi connectivity index (χ0v) is 13.5.